The van der Waals surface area contributed by atoms with Crippen LogP contribution in [0.2, 0.25) is 0 Å². The molecule has 0 aliphatic heterocycles. The normalized spacial score (nSPS) is 10.1. The highest BCUT2D eigenvalue weighted by molar-refractivity contribution is 7.51. The second kappa shape index (κ2) is 8.87. The summed E-state index contributed by atoms with van der Waals surface area (Å²) < 4.78 is 10.1. The van der Waals surface area contributed by atoms with Crippen LogP contribution in [-0.4, -0.2) is 77.6 Å². The van der Waals surface area contributed by atoms with E-state index in [1.807, 2.05) is 28.2 Å². The zero-order valence-corrected chi connectivity index (χ0v) is 11.8. The summed E-state index contributed by atoms with van der Waals surface area (Å²) >= 11 is 0. The van der Waals surface area contributed by atoms with Crippen molar-refractivity contribution in [3.8, 4) is 0 Å². The fraction of sp³-hybridized carbons (Fsp3) is 0.750. The van der Waals surface area contributed by atoms with Crippen LogP contribution in [0, 0.1) is 5.41 Å². The lowest BCUT2D eigenvalue weighted by molar-refractivity contribution is -0.135. The zero-order chi connectivity index (χ0) is 14.9. The van der Waals surface area contributed by atoms with Crippen molar-refractivity contribution in [3.05, 3.63) is 0 Å². The third-order valence-corrected chi connectivity index (χ3v) is 2.08. The summed E-state index contributed by atoms with van der Waals surface area (Å²) in [6.07, 6.45) is -0.598. The monoisotopic (exact) mass is 284 g/mol. The van der Waals surface area contributed by atoms with E-state index < -0.39 is 26.4 Å². The maximum atomic E-state index is 10.1. The second-order valence-corrected chi connectivity index (χ2v) is 5.40. The molecule has 0 aliphatic carbocycles. The summed E-state index contributed by atoms with van der Waals surface area (Å²) in [5, 5.41) is 17.3. The van der Waals surface area contributed by atoms with Gasteiger partial charge in [-0.2, -0.15) is 0 Å². The summed E-state index contributed by atoms with van der Waals surface area (Å²) in [4.78, 5) is 29.6. The molecule has 0 heterocycles. The predicted molar refractivity (Wildman–Crippen MR) is 67.7 cm³/mol. The van der Waals surface area contributed by atoms with Gasteiger partial charge in [0.25, 0.3) is 0 Å². The maximum absolute atomic E-state index is 10.1. The van der Waals surface area contributed by atoms with Gasteiger partial charge in [0.05, 0.1) is 12.8 Å². The van der Waals surface area contributed by atoms with Gasteiger partial charge < -0.3 is 24.7 Å². The zero-order valence-electron chi connectivity index (χ0n) is 10.9. The molecule has 0 saturated heterocycles. The molecule has 0 spiro atoms. The minimum absolute atomic E-state index is 0.439. The fourth-order valence-electron chi connectivity index (χ4n) is 0.708. The molecule has 0 aromatic rings. The molecule has 0 aliphatic rings. The van der Waals surface area contributed by atoms with E-state index in [9.17, 15) is 9.36 Å². The van der Waals surface area contributed by atoms with Crippen molar-refractivity contribution in [2.75, 3.05) is 41.0 Å². The summed E-state index contributed by atoms with van der Waals surface area (Å²) in [6, 6.07) is 0. The summed E-state index contributed by atoms with van der Waals surface area (Å²) in [7, 11) is 3.30. The van der Waals surface area contributed by atoms with Crippen molar-refractivity contribution in [1.82, 2.24) is 15.1 Å². The van der Waals surface area contributed by atoms with Gasteiger partial charge in [0.1, 0.15) is 0 Å². The summed E-state index contributed by atoms with van der Waals surface area (Å²) in [6.45, 7) is -0.439. The van der Waals surface area contributed by atoms with Crippen LogP contribution in [0.15, 0.2) is 0 Å². The molecule has 5 N–H and O–H groups in total. The minimum Gasteiger partial charge on any atom is -0.480 e. The van der Waals surface area contributed by atoms with E-state index in [0.717, 1.165) is 0 Å². The Labute approximate surface area is 106 Å². The molecule has 0 unspecified atom stereocenters. The molecule has 10 heteroatoms. The van der Waals surface area contributed by atoms with Crippen molar-refractivity contribution in [2.24, 2.45) is 0 Å². The average Bonchev–Trinajstić information content (AvgIpc) is 2.14. The fourth-order valence-corrected chi connectivity index (χ4v) is 1.11. The Morgan fingerprint density at radius 2 is 1.61 bits per heavy atom. The smallest absolute Gasteiger partial charge is 0.339 e. The number of guanidine groups is 1. The lowest BCUT2D eigenvalue weighted by atomic mass is 10.7. The van der Waals surface area contributed by atoms with Gasteiger partial charge in [-0.15, -0.1) is 0 Å². The van der Waals surface area contributed by atoms with Gasteiger partial charge in [-0.3, -0.25) is 20.1 Å². The van der Waals surface area contributed by atoms with Gasteiger partial charge in [-0.25, -0.2) is 0 Å². The average molecular weight is 284 g/mol. The highest BCUT2D eigenvalue weighted by Crippen LogP contribution is 2.31. The molecule has 9 nitrogen and oxygen atoms in total. The lowest BCUT2D eigenvalue weighted by Crippen LogP contribution is -2.34. The van der Waals surface area contributed by atoms with Crippen LogP contribution in [0.1, 0.15) is 0 Å². The van der Waals surface area contributed by atoms with E-state index in [2.05, 4.69) is 5.32 Å². The van der Waals surface area contributed by atoms with E-state index >= 15 is 0 Å². The molecule has 0 atom stereocenters. The molecule has 108 valence electrons. The van der Waals surface area contributed by atoms with Crippen LogP contribution in [-0.2, 0) is 9.36 Å². The van der Waals surface area contributed by atoms with Crippen molar-refractivity contribution in [2.45, 2.75) is 0 Å². The van der Waals surface area contributed by atoms with Gasteiger partial charge in [0.2, 0.25) is 0 Å². The van der Waals surface area contributed by atoms with Gasteiger partial charge >= 0.3 is 13.6 Å². The maximum Gasteiger partial charge on any atom is 0.339 e. The Hall–Kier alpha value is -1.15. The predicted octanol–water partition coefficient (Wildman–Crippen LogP) is -1.16. The first kappa shape index (κ1) is 19.2. The van der Waals surface area contributed by atoms with E-state index in [-0.39, 0.29) is 0 Å². The van der Waals surface area contributed by atoms with Gasteiger partial charge in [0.15, 0.2) is 5.96 Å². The van der Waals surface area contributed by atoms with E-state index in [0.29, 0.717) is 5.96 Å². The quantitative estimate of drug-likeness (QED) is 0.248. The number of rotatable bonds is 4. The van der Waals surface area contributed by atoms with Crippen molar-refractivity contribution < 1.29 is 24.3 Å². The number of aliphatic carboxylic acids is 1. The third-order valence-electron chi connectivity index (χ3n) is 1.44. The van der Waals surface area contributed by atoms with Crippen LogP contribution in [0.3, 0.4) is 0 Å². The Morgan fingerprint density at radius 3 is 1.78 bits per heavy atom. The van der Waals surface area contributed by atoms with Gasteiger partial charge in [-0.1, -0.05) is 0 Å². The van der Waals surface area contributed by atoms with Crippen LogP contribution in [0.5, 0.6) is 0 Å². The van der Waals surface area contributed by atoms with Crippen molar-refractivity contribution >= 4 is 19.5 Å². The Balaban J connectivity index is 0. The topological polar surface area (TPSA) is 137 Å². The van der Waals surface area contributed by atoms with E-state index in [4.69, 9.17) is 20.3 Å². The summed E-state index contributed by atoms with van der Waals surface area (Å²) in [5.74, 6) is -0.626. The minimum atomic E-state index is -4.10. The first-order valence-electron chi connectivity index (χ1n) is 4.87. The third kappa shape index (κ3) is 14.9. The molecular weight excluding hydrogens is 263 g/mol. The molecule has 18 heavy (non-hydrogen) atoms. The SMILES string of the molecule is CN(C)C(=N)N(C)C.O=C(O)CNCP(=O)(O)O. The van der Waals surface area contributed by atoms with Crippen LogP contribution < -0.4 is 5.32 Å². The molecule has 0 radical (unpaired) electrons. The van der Waals surface area contributed by atoms with Crippen LogP contribution in [0.25, 0.3) is 0 Å². The lowest BCUT2D eigenvalue weighted by Gasteiger charge is -2.19. The molecule has 0 fully saturated rings. The van der Waals surface area contributed by atoms with E-state index in [1.165, 1.54) is 0 Å². The number of nitrogens with one attached hydrogen (secondary N) is 2. The Morgan fingerprint density at radius 1 is 1.22 bits per heavy atom. The largest absolute Gasteiger partial charge is 0.480 e. The first-order valence-corrected chi connectivity index (χ1v) is 6.67. The first-order chi connectivity index (χ1) is 7.97. The molecule has 0 rings (SSSR count). The molecular formula is C8H21N4O5P. The van der Waals surface area contributed by atoms with Crippen molar-refractivity contribution in [1.29, 1.82) is 5.41 Å². The highest BCUT2D eigenvalue weighted by Gasteiger charge is 2.11. The number of hydrogen-bond acceptors (Lipinski definition) is 4. The highest BCUT2D eigenvalue weighted by atomic mass is 31.2. The number of carboxylic acid groups (broad SMARTS) is 1. The van der Waals surface area contributed by atoms with E-state index in [1.54, 1.807) is 9.80 Å². The van der Waals surface area contributed by atoms with Crippen LogP contribution in [0.4, 0.5) is 0 Å². The van der Waals surface area contributed by atoms with Crippen LogP contribution >= 0.6 is 7.60 Å². The molecule has 0 bridgehead atoms. The Kier molecular flexibility index (Phi) is 9.46. The van der Waals surface area contributed by atoms with Crippen molar-refractivity contribution in [3.63, 3.8) is 0 Å². The molecule has 0 aromatic heterocycles. The van der Waals surface area contributed by atoms with Gasteiger partial charge in [0, 0.05) is 28.2 Å². The summed E-state index contributed by atoms with van der Waals surface area (Å²) in [5.41, 5.74) is 0. The number of hydrogen-bond donors (Lipinski definition) is 5. The number of nitrogens with zero attached hydrogens (tertiary/aromatic N) is 2. The van der Waals surface area contributed by atoms with Gasteiger partial charge in [-0.05, 0) is 0 Å². The molecule has 0 amide bonds. The second-order valence-electron chi connectivity index (χ2n) is 3.76. The number of carbonyl (C=O) groups is 1. The number of carboxylic acids is 1. The Bertz CT molecular complexity index is 305. The molecule has 0 saturated carbocycles. The standard InChI is InChI=1S/C5H13N3.C3H8NO5P/c1-7(2)5(6)8(3)4;5-3(6)1-4-2-10(7,8)9/h6H,1-4H3;4H,1-2H2,(H,5,6)(H2,7,8,9). The molecule has 0 aromatic carbocycles.